The summed E-state index contributed by atoms with van der Waals surface area (Å²) in [6.45, 7) is 8.00. The highest BCUT2D eigenvalue weighted by atomic mass is 35.5. The topological polar surface area (TPSA) is 29.5 Å². The number of anilines is 1. The van der Waals surface area contributed by atoms with Crippen LogP contribution in [0.3, 0.4) is 0 Å². The molecule has 0 atom stereocenters. The van der Waals surface area contributed by atoms with E-state index in [2.05, 4.69) is 4.74 Å². The first-order valence-corrected chi connectivity index (χ1v) is 10.6. The summed E-state index contributed by atoms with van der Waals surface area (Å²) in [6.07, 6.45) is -7.74. The second-order valence-electron chi connectivity index (χ2n) is 6.33. The average Bonchev–Trinajstić information content (AvgIpc) is 2.79. The number of benzene rings is 2. The molecule has 15 heteroatoms. The Hall–Kier alpha value is -2.81. The van der Waals surface area contributed by atoms with Gasteiger partial charge in [0.2, 0.25) is 0 Å². The van der Waals surface area contributed by atoms with Crippen LogP contribution < -0.4 is 9.64 Å². The summed E-state index contributed by atoms with van der Waals surface area (Å²) in [4.78, 5) is 12.5. The van der Waals surface area contributed by atoms with Crippen LogP contribution in [0.1, 0.15) is 44.4 Å². The van der Waals surface area contributed by atoms with Gasteiger partial charge in [0.05, 0.1) is 40.4 Å². The summed E-state index contributed by atoms with van der Waals surface area (Å²) >= 11 is 5.40. The number of rotatable bonds is 3. The zero-order valence-corrected chi connectivity index (χ0v) is 20.5. The van der Waals surface area contributed by atoms with Gasteiger partial charge in [-0.15, -0.1) is 6.42 Å². The fraction of sp³-hybridized carbons (Fsp3) is 0.318. The van der Waals surface area contributed by atoms with Crippen molar-refractivity contribution in [3.8, 4) is 18.1 Å². The molecule has 0 saturated carbocycles. The normalized spacial score (nSPS) is 11.2. The van der Waals surface area contributed by atoms with Crippen molar-refractivity contribution in [3.63, 3.8) is 0 Å². The van der Waals surface area contributed by atoms with Gasteiger partial charge in [0.15, 0.2) is 11.6 Å². The number of hydrogen-bond donors (Lipinski definition) is 0. The van der Waals surface area contributed by atoms with Crippen LogP contribution in [0, 0.1) is 24.0 Å². The summed E-state index contributed by atoms with van der Waals surface area (Å²) in [6, 6.07) is 0.847. The van der Waals surface area contributed by atoms with Gasteiger partial charge < -0.3 is 4.74 Å². The number of carbonyl (C=O) groups excluding carboxylic acids is 1. The molecule has 37 heavy (non-hydrogen) atoms. The second-order valence-corrected chi connectivity index (χ2v) is 6.70. The Morgan fingerprint density at radius 1 is 0.973 bits per heavy atom. The molecule has 0 unspecified atom stereocenters. The van der Waals surface area contributed by atoms with Crippen LogP contribution in [-0.2, 0) is 12.4 Å². The van der Waals surface area contributed by atoms with E-state index >= 15 is 0 Å². The van der Waals surface area contributed by atoms with Crippen LogP contribution in [0.25, 0.3) is 0 Å². The summed E-state index contributed by atoms with van der Waals surface area (Å²) in [7, 11) is 16.1. The Bertz CT molecular complexity index is 1140. The van der Waals surface area contributed by atoms with Crippen molar-refractivity contribution in [2.24, 2.45) is 0 Å². The number of hydrogen-bond acceptors (Lipinski definition) is 2. The Morgan fingerprint density at radius 3 is 1.89 bits per heavy atom. The Morgan fingerprint density at radius 2 is 1.49 bits per heavy atom. The first-order valence-electron chi connectivity index (χ1n) is 10.2. The molecule has 0 fully saturated rings. The zero-order chi connectivity index (χ0) is 29.5. The third kappa shape index (κ3) is 8.35. The minimum absolute atomic E-state index is 0.109. The van der Waals surface area contributed by atoms with Crippen molar-refractivity contribution in [3.05, 3.63) is 57.6 Å². The van der Waals surface area contributed by atoms with Crippen LogP contribution in [0.15, 0.2) is 24.3 Å². The van der Waals surface area contributed by atoms with E-state index in [4.69, 9.17) is 41.6 Å². The first kappa shape index (κ1) is 34.2. The van der Waals surface area contributed by atoms with Crippen LogP contribution >= 0.6 is 11.6 Å². The maximum atomic E-state index is 14.4. The van der Waals surface area contributed by atoms with Gasteiger partial charge >= 0.3 is 18.4 Å². The molecule has 0 heterocycles. The maximum Gasteiger partial charge on any atom is 0.420 e. The molecule has 0 aliphatic rings. The van der Waals surface area contributed by atoms with E-state index in [0.717, 1.165) is 0 Å². The summed E-state index contributed by atoms with van der Waals surface area (Å²) in [5.41, 5.74) is -6.05. The minimum Gasteiger partial charge on any atom is -0.408 e. The standard InChI is InChI=1S/C18H5B3ClF8NO2.2C2H6/c1-2-7-5-8(16(25,26)27)6-9(17(28,29)30)14(7)33-15(32)31(18(19,20)21)11-4-3-10(23)12(22)13(11)24;2*1-2/h1,3-6H;2*1-2H3. The van der Waals surface area contributed by atoms with E-state index < -0.39 is 68.5 Å². The molecule has 0 spiro atoms. The number of ether oxygens (including phenoxy) is 1. The van der Waals surface area contributed by atoms with E-state index in [-0.39, 0.29) is 17.0 Å². The molecular weight excluding hydrogens is 530 g/mol. The molecule has 0 saturated heterocycles. The Labute approximate surface area is 217 Å². The smallest absolute Gasteiger partial charge is 0.408 e. The number of halogens is 9. The zero-order valence-electron chi connectivity index (χ0n) is 19.8. The average molecular weight is 547 g/mol. The van der Waals surface area contributed by atoms with Crippen molar-refractivity contribution in [1.29, 1.82) is 0 Å². The third-order valence-corrected chi connectivity index (χ3v) is 4.24. The lowest BCUT2D eigenvalue weighted by molar-refractivity contribution is -0.143. The van der Waals surface area contributed by atoms with E-state index in [9.17, 15) is 39.9 Å². The lowest BCUT2D eigenvalue weighted by atomic mass is 9.48. The summed E-state index contributed by atoms with van der Waals surface area (Å²) in [5.74, 6) is -2.96. The van der Waals surface area contributed by atoms with Gasteiger partial charge in [-0.25, -0.2) is 13.6 Å². The second kappa shape index (κ2) is 13.1. The maximum absolute atomic E-state index is 14.4. The number of carbonyl (C=O) groups is 1. The van der Waals surface area contributed by atoms with Crippen molar-refractivity contribution in [1.82, 2.24) is 0 Å². The largest absolute Gasteiger partial charge is 0.420 e. The van der Waals surface area contributed by atoms with Gasteiger partial charge in [0, 0.05) is 0 Å². The lowest BCUT2D eigenvalue weighted by Crippen LogP contribution is -2.55. The Kier molecular flexibility index (Phi) is 12.1. The van der Waals surface area contributed by atoms with E-state index in [1.54, 1.807) is 0 Å². The molecule has 2 aromatic rings. The number of amides is 1. The van der Waals surface area contributed by atoms with Crippen LogP contribution in [0.4, 0.5) is 45.6 Å². The SMILES string of the molecule is CC.CC.[B]C([B])([B])N(C(=O)Oc1c(C#C)cc(C(F)(F)F)cc1C(F)(F)F)c1ccc(F)c(Cl)c1F. The van der Waals surface area contributed by atoms with Crippen LogP contribution in [0.2, 0.25) is 5.02 Å². The monoisotopic (exact) mass is 547 g/mol. The lowest BCUT2D eigenvalue weighted by Gasteiger charge is -2.36. The molecule has 0 aliphatic heterocycles. The van der Waals surface area contributed by atoms with Gasteiger partial charge in [-0.1, -0.05) is 50.5 Å². The highest BCUT2D eigenvalue weighted by Gasteiger charge is 2.42. The van der Waals surface area contributed by atoms with Gasteiger partial charge in [-0.3, -0.25) is 4.90 Å². The molecule has 0 N–H and O–H groups in total. The van der Waals surface area contributed by atoms with Gasteiger partial charge in [-0.05, 0) is 24.3 Å². The molecule has 2 aromatic carbocycles. The highest BCUT2D eigenvalue weighted by Crippen LogP contribution is 2.43. The molecular formula is C22H17B3ClF8NO2. The molecule has 0 aromatic heterocycles. The highest BCUT2D eigenvalue weighted by molar-refractivity contribution is 6.62. The van der Waals surface area contributed by atoms with Crippen molar-refractivity contribution in [2.75, 3.05) is 4.90 Å². The van der Waals surface area contributed by atoms with Gasteiger partial charge in [-0.2, -0.15) is 26.3 Å². The van der Waals surface area contributed by atoms with Crippen molar-refractivity contribution < 1.29 is 44.7 Å². The fourth-order valence-electron chi connectivity index (χ4n) is 2.51. The molecule has 6 radical (unpaired) electrons. The molecule has 3 nitrogen and oxygen atoms in total. The quantitative estimate of drug-likeness (QED) is 0.183. The van der Waals surface area contributed by atoms with E-state index in [1.165, 1.54) is 5.92 Å². The first-order chi connectivity index (χ1) is 16.9. The number of terminal acetylenes is 1. The van der Waals surface area contributed by atoms with E-state index in [0.29, 0.717) is 12.1 Å². The Balaban J connectivity index is 0.00000308. The predicted molar refractivity (Wildman–Crippen MR) is 127 cm³/mol. The van der Waals surface area contributed by atoms with Gasteiger partial charge in [0.1, 0.15) is 16.4 Å². The van der Waals surface area contributed by atoms with Crippen LogP contribution in [0.5, 0.6) is 5.75 Å². The molecule has 2 rings (SSSR count). The summed E-state index contributed by atoms with van der Waals surface area (Å²) in [5, 5.41) is -4.04. The van der Waals surface area contributed by atoms with Crippen molar-refractivity contribution >= 4 is 46.9 Å². The molecule has 0 aliphatic carbocycles. The summed E-state index contributed by atoms with van der Waals surface area (Å²) < 4.78 is 112. The molecule has 0 bridgehead atoms. The molecule has 1 amide bonds. The van der Waals surface area contributed by atoms with E-state index in [1.807, 2.05) is 27.7 Å². The number of nitrogens with zero attached hydrogens (tertiary/aromatic N) is 1. The van der Waals surface area contributed by atoms with Crippen molar-refractivity contribution in [2.45, 2.75) is 45.3 Å². The predicted octanol–water partition coefficient (Wildman–Crippen LogP) is 6.81. The fourth-order valence-corrected chi connectivity index (χ4v) is 2.67. The third-order valence-electron chi connectivity index (χ3n) is 3.89. The minimum atomic E-state index is -5.50. The number of alkyl halides is 6. The molecule has 194 valence electrons. The van der Waals surface area contributed by atoms with Crippen LogP contribution in [-0.4, -0.2) is 34.9 Å². The van der Waals surface area contributed by atoms with Gasteiger partial charge in [0.25, 0.3) is 0 Å².